The largest absolute Gasteiger partial charge is 0.352 e. The summed E-state index contributed by atoms with van der Waals surface area (Å²) in [6.45, 7) is 4.89. The Labute approximate surface area is 131 Å². The fourth-order valence-corrected chi connectivity index (χ4v) is 2.84. The second kappa shape index (κ2) is 8.55. The predicted octanol–water partition coefficient (Wildman–Crippen LogP) is 2.87. The number of rotatable bonds is 4. The van der Waals surface area contributed by atoms with Crippen molar-refractivity contribution in [3.8, 4) is 0 Å². The van der Waals surface area contributed by atoms with Crippen molar-refractivity contribution in [3.05, 3.63) is 29.3 Å². The smallest absolute Gasteiger partial charge is 0.251 e. The molecule has 2 N–H and O–H groups in total. The van der Waals surface area contributed by atoms with Crippen LogP contribution in [-0.2, 0) is 0 Å². The van der Waals surface area contributed by atoms with Gasteiger partial charge in [-0.3, -0.25) is 4.79 Å². The van der Waals surface area contributed by atoms with Crippen LogP contribution in [0.4, 0.5) is 0 Å². The van der Waals surface area contributed by atoms with Gasteiger partial charge in [-0.2, -0.15) is 0 Å². The van der Waals surface area contributed by atoms with E-state index in [1.807, 2.05) is 25.3 Å². The molecule has 0 bridgehead atoms. The van der Waals surface area contributed by atoms with Gasteiger partial charge in [-0.15, -0.1) is 24.2 Å². The van der Waals surface area contributed by atoms with Crippen LogP contribution in [0.2, 0.25) is 0 Å². The molecule has 3 nitrogen and oxygen atoms in total. The lowest BCUT2D eigenvalue weighted by Crippen LogP contribution is -2.38. The Hall–Kier alpha value is -0.710. The highest BCUT2D eigenvalue weighted by Crippen LogP contribution is 2.19. The van der Waals surface area contributed by atoms with Gasteiger partial charge in [0.15, 0.2) is 0 Å². The molecule has 1 aliphatic rings. The first-order valence-electron chi connectivity index (χ1n) is 6.84. The number of aryl methyl sites for hydroxylation is 1. The molecule has 1 aromatic carbocycles. The van der Waals surface area contributed by atoms with Crippen molar-refractivity contribution < 1.29 is 4.79 Å². The monoisotopic (exact) mass is 314 g/mol. The maximum atomic E-state index is 12.2. The average molecular weight is 315 g/mol. The summed E-state index contributed by atoms with van der Waals surface area (Å²) in [6, 6.07) is 6.05. The number of carbonyl (C=O) groups is 1. The van der Waals surface area contributed by atoms with Gasteiger partial charge in [-0.1, -0.05) is 6.07 Å². The van der Waals surface area contributed by atoms with Crippen LogP contribution < -0.4 is 10.6 Å². The Kier molecular flexibility index (Phi) is 7.41. The average Bonchev–Trinajstić information content (AvgIpc) is 2.46. The third kappa shape index (κ3) is 4.69. The van der Waals surface area contributed by atoms with Crippen LogP contribution in [0.1, 0.15) is 28.8 Å². The summed E-state index contributed by atoms with van der Waals surface area (Å²) in [5.74, 6) is 0.626. The highest BCUT2D eigenvalue weighted by atomic mass is 35.5. The number of amides is 1. The van der Waals surface area contributed by atoms with E-state index in [0.717, 1.165) is 35.7 Å². The molecule has 1 heterocycles. The van der Waals surface area contributed by atoms with E-state index in [1.54, 1.807) is 11.8 Å². The molecule has 112 valence electrons. The molecule has 1 unspecified atom stereocenters. The molecule has 2 rings (SSSR count). The zero-order valence-corrected chi connectivity index (χ0v) is 13.7. The third-order valence-corrected chi connectivity index (χ3v) is 4.36. The van der Waals surface area contributed by atoms with Crippen molar-refractivity contribution in [1.82, 2.24) is 10.6 Å². The number of thioether (sulfide) groups is 1. The summed E-state index contributed by atoms with van der Waals surface area (Å²) in [6.07, 6.45) is 4.44. The van der Waals surface area contributed by atoms with E-state index >= 15 is 0 Å². The SMILES string of the molecule is CSc1ccc(C)c(C(=O)NCC2CCCNC2)c1.Cl. The lowest BCUT2D eigenvalue weighted by molar-refractivity contribution is 0.0944. The van der Waals surface area contributed by atoms with E-state index in [2.05, 4.69) is 16.7 Å². The second-order valence-electron chi connectivity index (χ2n) is 5.10. The number of halogens is 1. The zero-order chi connectivity index (χ0) is 13.7. The first-order valence-corrected chi connectivity index (χ1v) is 8.06. The van der Waals surface area contributed by atoms with Gasteiger partial charge in [0.1, 0.15) is 0 Å². The van der Waals surface area contributed by atoms with Gasteiger partial charge >= 0.3 is 0 Å². The Bertz CT molecular complexity index is 447. The summed E-state index contributed by atoms with van der Waals surface area (Å²) in [4.78, 5) is 13.4. The fourth-order valence-electron chi connectivity index (χ4n) is 2.40. The zero-order valence-electron chi connectivity index (χ0n) is 12.1. The second-order valence-corrected chi connectivity index (χ2v) is 5.98. The fraction of sp³-hybridized carbons (Fsp3) is 0.533. The number of piperidine rings is 1. The Morgan fingerprint density at radius 2 is 2.30 bits per heavy atom. The van der Waals surface area contributed by atoms with Crippen LogP contribution >= 0.6 is 24.2 Å². The van der Waals surface area contributed by atoms with E-state index in [4.69, 9.17) is 0 Å². The number of carbonyl (C=O) groups excluding carboxylic acids is 1. The van der Waals surface area contributed by atoms with Crippen LogP contribution in [0.25, 0.3) is 0 Å². The van der Waals surface area contributed by atoms with Gasteiger partial charge in [0, 0.05) is 17.0 Å². The quantitative estimate of drug-likeness (QED) is 0.840. The summed E-state index contributed by atoms with van der Waals surface area (Å²) in [7, 11) is 0. The molecular formula is C15H23ClN2OS. The van der Waals surface area contributed by atoms with Crippen LogP contribution in [0, 0.1) is 12.8 Å². The van der Waals surface area contributed by atoms with Crippen molar-refractivity contribution in [2.75, 3.05) is 25.9 Å². The van der Waals surface area contributed by atoms with Gasteiger partial charge in [-0.25, -0.2) is 0 Å². The Morgan fingerprint density at radius 1 is 1.50 bits per heavy atom. The molecule has 0 spiro atoms. The van der Waals surface area contributed by atoms with Crippen molar-refractivity contribution in [2.45, 2.75) is 24.7 Å². The van der Waals surface area contributed by atoms with Gasteiger partial charge in [0.25, 0.3) is 5.91 Å². The van der Waals surface area contributed by atoms with Crippen molar-refractivity contribution in [1.29, 1.82) is 0 Å². The lowest BCUT2D eigenvalue weighted by atomic mass is 9.99. The lowest BCUT2D eigenvalue weighted by Gasteiger charge is -2.23. The first kappa shape index (κ1) is 17.3. The van der Waals surface area contributed by atoms with Crippen LogP contribution in [0.15, 0.2) is 23.1 Å². The van der Waals surface area contributed by atoms with Crippen LogP contribution in [-0.4, -0.2) is 31.8 Å². The standard InChI is InChI=1S/C15H22N2OS.ClH/c1-11-5-6-13(19-2)8-14(11)15(18)17-10-12-4-3-7-16-9-12;/h5-6,8,12,16H,3-4,7,9-10H2,1-2H3,(H,17,18);1H. The van der Waals surface area contributed by atoms with Gasteiger partial charge < -0.3 is 10.6 Å². The summed E-state index contributed by atoms with van der Waals surface area (Å²) < 4.78 is 0. The normalized spacial score (nSPS) is 18.2. The highest BCUT2D eigenvalue weighted by Gasteiger charge is 2.15. The molecule has 1 fully saturated rings. The first-order chi connectivity index (χ1) is 9.20. The van der Waals surface area contributed by atoms with E-state index in [-0.39, 0.29) is 18.3 Å². The molecule has 1 aromatic rings. The topological polar surface area (TPSA) is 41.1 Å². The number of hydrogen-bond donors (Lipinski definition) is 2. The molecule has 0 aromatic heterocycles. The van der Waals surface area contributed by atoms with Gasteiger partial charge in [-0.05, 0) is 62.7 Å². The molecule has 5 heteroatoms. The van der Waals surface area contributed by atoms with Crippen LogP contribution in [0.5, 0.6) is 0 Å². The molecule has 1 atom stereocenters. The highest BCUT2D eigenvalue weighted by molar-refractivity contribution is 7.98. The molecule has 0 aliphatic carbocycles. The summed E-state index contributed by atoms with van der Waals surface area (Å²) in [5.41, 5.74) is 1.84. The predicted molar refractivity (Wildman–Crippen MR) is 88.1 cm³/mol. The van der Waals surface area contributed by atoms with Gasteiger partial charge in [0.05, 0.1) is 0 Å². The van der Waals surface area contributed by atoms with Crippen molar-refractivity contribution in [2.24, 2.45) is 5.92 Å². The minimum atomic E-state index is 0. The summed E-state index contributed by atoms with van der Waals surface area (Å²) >= 11 is 1.67. The number of nitrogens with one attached hydrogen (secondary N) is 2. The molecule has 20 heavy (non-hydrogen) atoms. The molecule has 1 saturated heterocycles. The summed E-state index contributed by atoms with van der Waals surface area (Å²) in [5, 5.41) is 6.45. The minimum absolute atomic E-state index is 0. The van der Waals surface area contributed by atoms with E-state index in [0.29, 0.717) is 5.92 Å². The van der Waals surface area contributed by atoms with E-state index in [1.165, 1.54) is 12.8 Å². The molecule has 1 amide bonds. The van der Waals surface area contributed by atoms with E-state index < -0.39 is 0 Å². The van der Waals surface area contributed by atoms with Gasteiger partial charge in [0.2, 0.25) is 0 Å². The van der Waals surface area contributed by atoms with E-state index in [9.17, 15) is 4.79 Å². The maximum absolute atomic E-state index is 12.2. The Morgan fingerprint density at radius 3 is 2.95 bits per heavy atom. The number of benzene rings is 1. The molecular weight excluding hydrogens is 292 g/mol. The van der Waals surface area contributed by atoms with Crippen molar-refractivity contribution >= 4 is 30.1 Å². The van der Waals surface area contributed by atoms with Crippen molar-refractivity contribution in [3.63, 3.8) is 0 Å². The third-order valence-electron chi connectivity index (χ3n) is 3.64. The molecule has 1 aliphatic heterocycles. The minimum Gasteiger partial charge on any atom is -0.352 e. The molecule has 0 saturated carbocycles. The van der Waals surface area contributed by atoms with Crippen LogP contribution in [0.3, 0.4) is 0 Å². The molecule has 0 radical (unpaired) electrons. The maximum Gasteiger partial charge on any atom is 0.251 e. The number of hydrogen-bond acceptors (Lipinski definition) is 3. The Balaban J connectivity index is 0.00000200.